The van der Waals surface area contributed by atoms with Gasteiger partial charge in [-0.05, 0) is 42.5 Å². The number of sulfonamides is 1. The molecule has 0 radical (unpaired) electrons. The zero-order valence-electron chi connectivity index (χ0n) is 14.1. The second kappa shape index (κ2) is 7.03. The summed E-state index contributed by atoms with van der Waals surface area (Å²) in [6.07, 6.45) is 1.57. The number of halogens is 1. The molecule has 0 aliphatic rings. The first-order valence-corrected chi connectivity index (χ1v) is 9.49. The van der Waals surface area contributed by atoms with E-state index in [1.54, 1.807) is 36.5 Å². The molecule has 0 unspecified atom stereocenters. The van der Waals surface area contributed by atoms with Crippen molar-refractivity contribution in [2.45, 2.75) is 4.90 Å². The van der Waals surface area contributed by atoms with Gasteiger partial charge in [-0.3, -0.25) is 9.78 Å². The van der Waals surface area contributed by atoms with Crippen LogP contribution in [0.1, 0.15) is 10.4 Å². The molecule has 0 fully saturated rings. The second-order valence-corrected chi connectivity index (χ2v) is 8.38. The molecule has 0 saturated heterocycles. The maximum Gasteiger partial charge on any atom is 0.255 e. The average molecular weight is 390 g/mol. The van der Waals surface area contributed by atoms with Crippen LogP contribution in [0.15, 0.2) is 59.6 Å². The third kappa shape index (κ3) is 3.55. The highest BCUT2D eigenvalue weighted by atomic mass is 35.5. The molecule has 1 N–H and O–H groups in total. The van der Waals surface area contributed by atoms with Gasteiger partial charge in [0.05, 0.1) is 16.1 Å². The third-order valence-corrected chi connectivity index (χ3v) is 5.87. The summed E-state index contributed by atoms with van der Waals surface area (Å²) in [6.45, 7) is 0. The molecular weight excluding hydrogens is 374 g/mol. The summed E-state index contributed by atoms with van der Waals surface area (Å²) in [5, 5.41) is 4.09. The molecule has 3 rings (SSSR count). The van der Waals surface area contributed by atoms with Crippen molar-refractivity contribution in [2.75, 3.05) is 19.4 Å². The predicted octanol–water partition coefficient (Wildman–Crippen LogP) is 3.39. The summed E-state index contributed by atoms with van der Waals surface area (Å²) in [5.74, 6) is -0.414. The van der Waals surface area contributed by atoms with Crippen molar-refractivity contribution in [3.05, 3.63) is 65.3 Å². The summed E-state index contributed by atoms with van der Waals surface area (Å²) in [6, 6.07) is 12.8. The Morgan fingerprint density at radius 1 is 1.12 bits per heavy atom. The quantitative estimate of drug-likeness (QED) is 0.741. The van der Waals surface area contributed by atoms with Crippen LogP contribution in [-0.2, 0) is 10.0 Å². The first-order chi connectivity index (χ1) is 12.3. The van der Waals surface area contributed by atoms with Crippen LogP contribution in [0.2, 0.25) is 5.02 Å². The van der Waals surface area contributed by atoms with Gasteiger partial charge in [-0.15, -0.1) is 0 Å². The van der Waals surface area contributed by atoms with Gasteiger partial charge in [0.2, 0.25) is 10.0 Å². The number of pyridine rings is 1. The maximum atomic E-state index is 12.6. The van der Waals surface area contributed by atoms with E-state index in [4.69, 9.17) is 11.6 Å². The van der Waals surface area contributed by atoms with Crippen LogP contribution in [0.5, 0.6) is 0 Å². The summed E-state index contributed by atoms with van der Waals surface area (Å²) < 4.78 is 25.6. The molecule has 0 aliphatic carbocycles. The van der Waals surface area contributed by atoms with Crippen molar-refractivity contribution in [1.29, 1.82) is 0 Å². The van der Waals surface area contributed by atoms with Crippen LogP contribution in [0.3, 0.4) is 0 Å². The highest BCUT2D eigenvalue weighted by Crippen LogP contribution is 2.25. The number of carbonyl (C=O) groups is 1. The van der Waals surface area contributed by atoms with Gasteiger partial charge < -0.3 is 5.32 Å². The van der Waals surface area contributed by atoms with E-state index in [9.17, 15) is 13.2 Å². The van der Waals surface area contributed by atoms with Gasteiger partial charge in [0.15, 0.2) is 0 Å². The highest BCUT2D eigenvalue weighted by molar-refractivity contribution is 7.89. The summed E-state index contributed by atoms with van der Waals surface area (Å²) in [4.78, 5) is 16.9. The van der Waals surface area contributed by atoms with Crippen molar-refractivity contribution < 1.29 is 13.2 Å². The van der Waals surface area contributed by atoms with Crippen molar-refractivity contribution >= 4 is 44.1 Å². The molecule has 0 saturated carbocycles. The van der Waals surface area contributed by atoms with Crippen molar-refractivity contribution in [3.8, 4) is 0 Å². The number of fused-ring (bicyclic) bond motifs is 1. The van der Waals surface area contributed by atoms with E-state index in [0.717, 1.165) is 9.69 Å². The number of hydrogen-bond acceptors (Lipinski definition) is 4. The fourth-order valence-electron chi connectivity index (χ4n) is 2.43. The predicted molar refractivity (Wildman–Crippen MR) is 102 cm³/mol. The van der Waals surface area contributed by atoms with Crippen molar-refractivity contribution in [3.63, 3.8) is 0 Å². The molecule has 2 aromatic carbocycles. The molecule has 0 atom stereocenters. The molecule has 1 aromatic heterocycles. The Labute approximate surface area is 156 Å². The van der Waals surface area contributed by atoms with E-state index >= 15 is 0 Å². The zero-order valence-corrected chi connectivity index (χ0v) is 15.7. The lowest BCUT2D eigenvalue weighted by Gasteiger charge is -2.13. The Hall–Kier alpha value is -2.48. The van der Waals surface area contributed by atoms with Gasteiger partial charge in [0, 0.05) is 36.3 Å². The molecule has 134 valence electrons. The van der Waals surface area contributed by atoms with Crippen LogP contribution in [0, 0.1) is 0 Å². The maximum absolute atomic E-state index is 12.6. The van der Waals surface area contributed by atoms with Gasteiger partial charge >= 0.3 is 0 Å². The van der Waals surface area contributed by atoms with E-state index in [0.29, 0.717) is 16.2 Å². The molecule has 0 spiro atoms. The van der Waals surface area contributed by atoms with E-state index in [1.165, 1.54) is 32.3 Å². The summed E-state index contributed by atoms with van der Waals surface area (Å²) >= 11 is 5.97. The smallest absolute Gasteiger partial charge is 0.255 e. The minimum Gasteiger partial charge on any atom is -0.321 e. The monoisotopic (exact) mass is 389 g/mol. The number of benzene rings is 2. The summed E-state index contributed by atoms with van der Waals surface area (Å²) in [5.41, 5.74) is 1.46. The first kappa shape index (κ1) is 18.3. The molecule has 6 nitrogen and oxygen atoms in total. The van der Waals surface area contributed by atoms with Crippen LogP contribution >= 0.6 is 11.6 Å². The number of carbonyl (C=O) groups excluding carboxylic acids is 1. The standard InChI is InChI=1S/C18H16ClN3O3S/c1-22(2)26(24,25)14-5-3-4-12(10-14)18(23)21-16-8-9-20-17-11-13(19)6-7-15(16)17/h3-11H,1-2H3,(H,20,21,23). The fraction of sp³-hybridized carbons (Fsp3) is 0.111. The minimum absolute atomic E-state index is 0.0570. The molecule has 3 aromatic rings. The van der Waals surface area contributed by atoms with Gasteiger partial charge in [0.1, 0.15) is 0 Å². The largest absolute Gasteiger partial charge is 0.321 e. The van der Waals surface area contributed by atoms with E-state index < -0.39 is 15.9 Å². The Morgan fingerprint density at radius 3 is 2.62 bits per heavy atom. The van der Waals surface area contributed by atoms with Crippen LogP contribution in [0.4, 0.5) is 5.69 Å². The first-order valence-electron chi connectivity index (χ1n) is 7.67. The van der Waals surface area contributed by atoms with Crippen LogP contribution < -0.4 is 5.32 Å². The number of anilines is 1. The average Bonchev–Trinajstić information content (AvgIpc) is 2.61. The molecule has 0 aliphatic heterocycles. The lowest BCUT2D eigenvalue weighted by Crippen LogP contribution is -2.22. The second-order valence-electron chi connectivity index (χ2n) is 5.79. The number of amides is 1. The lowest BCUT2D eigenvalue weighted by molar-refractivity contribution is 0.102. The van der Waals surface area contributed by atoms with Crippen LogP contribution in [-0.4, -0.2) is 37.7 Å². The SMILES string of the molecule is CN(C)S(=O)(=O)c1cccc(C(=O)Nc2ccnc3cc(Cl)ccc23)c1. The van der Waals surface area contributed by atoms with Crippen molar-refractivity contribution in [1.82, 2.24) is 9.29 Å². The Bertz CT molecular complexity index is 1100. The van der Waals surface area contributed by atoms with Gasteiger partial charge in [0.25, 0.3) is 5.91 Å². The zero-order chi connectivity index (χ0) is 18.9. The minimum atomic E-state index is -3.62. The molecular formula is C18H16ClN3O3S. The number of aromatic nitrogens is 1. The molecule has 1 amide bonds. The molecule has 1 heterocycles. The number of rotatable bonds is 4. The number of nitrogens with zero attached hydrogens (tertiary/aromatic N) is 2. The van der Waals surface area contributed by atoms with Crippen LogP contribution in [0.25, 0.3) is 10.9 Å². The van der Waals surface area contributed by atoms with Gasteiger partial charge in [-0.2, -0.15) is 0 Å². The van der Waals surface area contributed by atoms with Gasteiger partial charge in [-0.1, -0.05) is 17.7 Å². The normalized spacial score (nSPS) is 11.7. The topological polar surface area (TPSA) is 79.4 Å². The van der Waals surface area contributed by atoms with E-state index in [2.05, 4.69) is 10.3 Å². The Kier molecular flexibility index (Phi) is 4.95. The Balaban J connectivity index is 1.95. The molecule has 8 heteroatoms. The van der Waals surface area contributed by atoms with E-state index in [1.807, 2.05) is 0 Å². The van der Waals surface area contributed by atoms with Crippen molar-refractivity contribution in [2.24, 2.45) is 0 Å². The van der Waals surface area contributed by atoms with Gasteiger partial charge in [-0.25, -0.2) is 12.7 Å². The highest BCUT2D eigenvalue weighted by Gasteiger charge is 2.19. The Morgan fingerprint density at radius 2 is 1.88 bits per heavy atom. The molecule has 26 heavy (non-hydrogen) atoms. The number of nitrogens with one attached hydrogen (secondary N) is 1. The third-order valence-electron chi connectivity index (χ3n) is 3.83. The lowest BCUT2D eigenvalue weighted by atomic mass is 10.1. The van der Waals surface area contributed by atoms with E-state index in [-0.39, 0.29) is 10.5 Å². The number of hydrogen-bond donors (Lipinski definition) is 1. The molecule has 0 bridgehead atoms. The fourth-order valence-corrected chi connectivity index (χ4v) is 3.55. The summed E-state index contributed by atoms with van der Waals surface area (Å²) in [7, 11) is -0.735.